The van der Waals surface area contributed by atoms with Gasteiger partial charge in [0.25, 0.3) is 5.91 Å². The van der Waals surface area contributed by atoms with Crippen LogP contribution in [-0.4, -0.2) is 28.6 Å². The van der Waals surface area contributed by atoms with Gasteiger partial charge in [-0.3, -0.25) is 9.59 Å². The van der Waals surface area contributed by atoms with Gasteiger partial charge in [0.15, 0.2) is 0 Å². The minimum absolute atomic E-state index is 0.0984. The number of carboxylic acid groups (broad SMARTS) is 1. The number of nitrogens with zero attached hydrogens (tertiary/aromatic N) is 1. The van der Waals surface area contributed by atoms with Gasteiger partial charge in [-0.2, -0.15) is 5.10 Å². The second kappa shape index (κ2) is 5.41. The lowest BCUT2D eigenvalue weighted by Crippen LogP contribution is -2.32. The van der Waals surface area contributed by atoms with Crippen LogP contribution in [0.2, 0.25) is 0 Å². The Hall–Kier alpha value is -2.22. The molecule has 0 unspecified atom stereocenters. The van der Waals surface area contributed by atoms with Crippen molar-refractivity contribution in [3.05, 3.63) is 16.0 Å². The summed E-state index contributed by atoms with van der Waals surface area (Å²) in [5.41, 5.74) is 3.15. The zero-order chi connectivity index (χ0) is 14.9. The molecular formula is C12H13N3O4S. The summed E-state index contributed by atoms with van der Waals surface area (Å²) in [5, 5.41) is 15.7. The van der Waals surface area contributed by atoms with Crippen molar-refractivity contribution in [1.82, 2.24) is 5.43 Å². The molecule has 0 fully saturated rings. The van der Waals surface area contributed by atoms with Crippen molar-refractivity contribution in [3.63, 3.8) is 0 Å². The fourth-order valence-electron chi connectivity index (χ4n) is 1.79. The van der Waals surface area contributed by atoms with E-state index in [1.165, 1.54) is 11.3 Å². The number of carbonyl (C=O) groups excluding carboxylic acids is 2. The fraction of sp³-hybridized carbons (Fsp3) is 0.333. The molecule has 0 saturated carbocycles. The van der Waals surface area contributed by atoms with Crippen molar-refractivity contribution in [2.24, 2.45) is 5.10 Å². The number of amides is 2. The summed E-state index contributed by atoms with van der Waals surface area (Å²) in [5.74, 6) is -1.81. The van der Waals surface area contributed by atoms with Gasteiger partial charge in [-0.1, -0.05) is 0 Å². The molecule has 2 rings (SSSR count). The van der Waals surface area contributed by atoms with E-state index in [0.717, 1.165) is 4.88 Å². The number of hydrogen-bond donors (Lipinski definition) is 3. The van der Waals surface area contributed by atoms with Crippen LogP contribution >= 0.6 is 11.3 Å². The van der Waals surface area contributed by atoms with E-state index in [1.807, 2.05) is 0 Å². The zero-order valence-corrected chi connectivity index (χ0v) is 11.8. The van der Waals surface area contributed by atoms with E-state index in [4.69, 9.17) is 0 Å². The highest BCUT2D eigenvalue weighted by Gasteiger charge is 2.23. The second-order valence-electron chi connectivity index (χ2n) is 4.34. The average Bonchev–Trinajstić information content (AvgIpc) is 2.65. The fourth-order valence-corrected chi connectivity index (χ4v) is 2.83. The van der Waals surface area contributed by atoms with Crippen LogP contribution in [0.4, 0.5) is 5.00 Å². The lowest BCUT2D eigenvalue weighted by atomic mass is 10.1. The Bertz CT molecular complexity index is 633. The van der Waals surface area contributed by atoms with Crippen molar-refractivity contribution in [3.8, 4) is 0 Å². The molecule has 0 atom stereocenters. The summed E-state index contributed by atoms with van der Waals surface area (Å²) in [6.07, 6.45) is 0.434. The van der Waals surface area contributed by atoms with E-state index in [2.05, 4.69) is 15.8 Å². The molecule has 0 aromatic carbocycles. The van der Waals surface area contributed by atoms with Gasteiger partial charge in [0.05, 0.1) is 5.56 Å². The normalized spacial score (nSPS) is 14.5. The maximum Gasteiger partial charge on any atom is 0.338 e. The van der Waals surface area contributed by atoms with Crippen LogP contribution in [0, 0.1) is 13.8 Å². The zero-order valence-electron chi connectivity index (χ0n) is 10.9. The van der Waals surface area contributed by atoms with Gasteiger partial charge in [-0.25, -0.2) is 10.2 Å². The molecule has 8 heteroatoms. The predicted molar refractivity (Wildman–Crippen MR) is 74.2 cm³/mol. The molecule has 0 bridgehead atoms. The monoisotopic (exact) mass is 295 g/mol. The van der Waals surface area contributed by atoms with Gasteiger partial charge in [0.1, 0.15) is 10.7 Å². The number of hydrogen-bond acceptors (Lipinski definition) is 5. The maximum atomic E-state index is 12.0. The number of aryl methyl sites for hydroxylation is 1. The third-order valence-electron chi connectivity index (χ3n) is 2.99. The van der Waals surface area contributed by atoms with E-state index < -0.39 is 11.9 Å². The molecule has 1 aromatic rings. The Morgan fingerprint density at radius 1 is 1.35 bits per heavy atom. The Morgan fingerprint density at radius 3 is 2.60 bits per heavy atom. The van der Waals surface area contributed by atoms with Gasteiger partial charge >= 0.3 is 5.97 Å². The molecule has 0 saturated heterocycles. The van der Waals surface area contributed by atoms with Crippen LogP contribution in [-0.2, 0) is 9.59 Å². The van der Waals surface area contributed by atoms with Crippen LogP contribution in [0.3, 0.4) is 0 Å². The summed E-state index contributed by atoms with van der Waals surface area (Å²) >= 11 is 1.21. The van der Waals surface area contributed by atoms with Crippen molar-refractivity contribution in [1.29, 1.82) is 0 Å². The molecule has 2 heterocycles. The number of aromatic carboxylic acids is 1. The van der Waals surface area contributed by atoms with Crippen LogP contribution in [0.15, 0.2) is 5.10 Å². The first kappa shape index (κ1) is 14.2. The molecule has 0 aliphatic carbocycles. The summed E-state index contributed by atoms with van der Waals surface area (Å²) < 4.78 is 0. The first-order chi connectivity index (χ1) is 9.40. The van der Waals surface area contributed by atoms with Crippen molar-refractivity contribution >= 4 is 39.8 Å². The van der Waals surface area contributed by atoms with Gasteiger partial charge in [-0.05, 0) is 19.4 Å². The molecule has 106 valence electrons. The van der Waals surface area contributed by atoms with Crippen molar-refractivity contribution in [2.45, 2.75) is 26.7 Å². The van der Waals surface area contributed by atoms with E-state index >= 15 is 0 Å². The molecule has 0 radical (unpaired) electrons. The predicted octanol–water partition coefficient (Wildman–Crippen LogP) is 1.27. The standard InChI is InChI=1S/C12H13N3O4S/c1-5-6(2)20-11(9(5)12(18)19)13-10(17)7-3-4-8(16)15-14-7/h3-4H2,1-2H3,(H,13,17)(H,15,16)(H,18,19). The highest BCUT2D eigenvalue weighted by atomic mass is 32.1. The van der Waals surface area contributed by atoms with Crippen LogP contribution < -0.4 is 10.7 Å². The lowest BCUT2D eigenvalue weighted by Gasteiger charge is -2.11. The number of rotatable bonds is 3. The summed E-state index contributed by atoms with van der Waals surface area (Å²) in [6, 6.07) is 0. The number of carbonyl (C=O) groups is 3. The second-order valence-corrected chi connectivity index (χ2v) is 5.56. The summed E-state index contributed by atoms with van der Waals surface area (Å²) in [4.78, 5) is 35.0. The minimum Gasteiger partial charge on any atom is -0.478 e. The molecule has 2 amide bonds. The van der Waals surface area contributed by atoms with E-state index in [-0.39, 0.29) is 35.0 Å². The van der Waals surface area contributed by atoms with Gasteiger partial charge < -0.3 is 10.4 Å². The molecule has 1 aliphatic heterocycles. The molecule has 20 heavy (non-hydrogen) atoms. The number of thiophene rings is 1. The Kier molecular flexibility index (Phi) is 3.84. The first-order valence-corrected chi connectivity index (χ1v) is 6.72. The number of nitrogens with one attached hydrogen (secondary N) is 2. The maximum absolute atomic E-state index is 12.0. The highest BCUT2D eigenvalue weighted by Crippen LogP contribution is 2.32. The Balaban J connectivity index is 2.22. The van der Waals surface area contributed by atoms with Gasteiger partial charge in [-0.15, -0.1) is 11.3 Å². The first-order valence-electron chi connectivity index (χ1n) is 5.90. The van der Waals surface area contributed by atoms with Crippen LogP contribution in [0.25, 0.3) is 0 Å². The largest absolute Gasteiger partial charge is 0.478 e. The number of anilines is 1. The summed E-state index contributed by atoms with van der Waals surface area (Å²) in [6.45, 7) is 3.49. The third kappa shape index (κ3) is 2.69. The Morgan fingerprint density at radius 2 is 2.05 bits per heavy atom. The van der Waals surface area contributed by atoms with Crippen LogP contribution in [0.1, 0.15) is 33.6 Å². The topological polar surface area (TPSA) is 108 Å². The van der Waals surface area contributed by atoms with Crippen molar-refractivity contribution in [2.75, 3.05) is 5.32 Å². The van der Waals surface area contributed by atoms with Crippen molar-refractivity contribution < 1.29 is 19.5 Å². The van der Waals surface area contributed by atoms with Gasteiger partial charge in [0.2, 0.25) is 5.91 Å². The molecular weight excluding hydrogens is 282 g/mol. The van der Waals surface area contributed by atoms with E-state index in [1.54, 1.807) is 13.8 Å². The Labute approximate surface area is 118 Å². The van der Waals surface area contributed by atoms with Gasteiger partial charge in [0, 0.05) is 17.7 Å². The molecule has 1 aromatic heterocycles. The average molecular weight is 295 g/mol. The summed E-state index contributed by atoms with van der Waals surface area (Å²) in [7, 11) is 0. The smallest absolute Gasteiger partial charge is 0.338 e. The lowest BCUT2D eigenvalue weighted by molar-refractivity contribution is -0.121. The minimum atomic E-state index is -1.08. The molecule has 7 nitrogen and oxygen atoms in total. The van der Waals surface area contributed by atoms with E-state index in [0.29, 0.717) is 5.56 Å². The third-order valence-corrected chi connectivity index (χ3v) is 4.12. The molecule has 1 aliphatic rings. The SMILES string of the molecule is Cc1sc(NC(=O)C2=NNC(=O)CC2)c(C(=O)O)c1C. The molecule has 0 spiro atoms. The highest BCUT2D eigenvalue weighted by molar-refractivity contribution is 7.17. The number of hydrazone groups is 1. The van der Waals surface area contributed by atoms with Crippen LogP contribution in [0.5, 0.6) is 0 Å². The number of carboxylic acids is 1. The van der Waals surface area contributed by atoms with E-state index in [9.17, 15) is 19.5 Å². The molecule has 3 N–H and O–H groups in total. The quantitative estimate of drug-likeness (QED) is 0.780.